The molecule has 1 aromatic rings. The van der Waals surface area contributed by atoms with Crippen LogP contribution in [0.15, 0.2) is 24.3 Å². The Balaban J connectivity index is 2.02. The van der Waals surface area contributed by atoms with Crippen LogP contribution < -0.4 is 10.6 Å². The molecule has 1 aromatic carbocycles. The summed E-state index contributed by atoms with van der Waals surface area (Å²) in [5.74, 6) is 0. The van der Waals surface area contributed by atoms with Gasteiger partial charge in [-0.05, 0) is 24.5 Å². The topological polar surface area (TPSA) is 49.6 Å². The van der Waals surface area contributed by atoms with Crippen LogP contribution in [0, 0.1) is 0 Å². The van der Waals surface area contributed by atoms with Crippen LogP contribution in [0.3, 0.4) is 0 Å². The zero-order valence-corrected chi connectivity index (χ0v) is 12.1. The van der Waals surface area contributed by atoms with E-state index in [9.17, 15) is 4.79 Å². The van der Waals surface area contributed by atoms with Gasteiger partial charge in [0.2, 0.25) is 0 Å². The average Bonchev–Trinajstić information content (AvgIpc) is 3.08. The SMILES string of the molecule is CN1CCN(c2ccccc2C2(CN)CCCC2)C1=O. The summed E-state index contributed by atoms with van der Waals surface area (Å²) in [4.78, 5) is 16.0. The standard InChI is InChI=1S/C16H23N3O/c1-18-10-11-19(15(18)20)14-7-3-2-6-13(14)16(12-17)8-4-5-9-16/h2-3,6-7H,4-5,8-12,17H2,1H3. The van der Waals surface area contributed by atoms with Crippen molar-refractivity contribution in [2.24, 2.45) is 5.73 Å². The monoisotopic (exact) mass is 273 g/mol. The number of anilines is 1. The maximum Gasteiger partial charge on any atom is 0.324 e. The zero-order chi connectivity index (χ0) is 14.2. The lowest BCUT2D eigenvalue weighted by Gasteiger charge is -2.32. The Morgan fingerprint density at radius 3 is 2.50 bits per heavy atom. The van der Waals surface area contributed by atoms with E-state index in [4.69, 9.17) is 5.73 Å². The van der Waals surface area contributed by atoms with Gasteiger partial charge in [0.05, 0.1) is 0 Å². The molecule has 1 saturated carbocycles. The number of benzene rings is 1. The minimum absolute atomic E-state index is 0.0675. The number of carbonyl (C=O) groups excluding carboxylic acids is 1. The maximum atomic E-state index is 12.3. The molecule has 2 amide bonds. The van der Waals surface area contributed by atoms with Crippen molar-refractivity contribution in [3.05, 3.63) is 29.8 Å². The quantitative estimate of drug-likeness (QED) is 0.919. The van der Waals surface area contributed by atoms with Gasteiger partial charge in [0.15, 0.2) is 0 Å². The summed E-state index contributed by atoms with van der Waals surface area (Å²) >= 11 is 0. The van der Waals surface area contributed by atoms with Crippen LogP contribution in [0.5, 0.6) is 0 Å². The van der Waals surface area contributed by atoms with Crippen molar-refractivity contribution in [3.8, 4) is 0 Å². The van der Waals surface area contributed by atoms with Crippen LogP contribution >= 0.6 is 0 Å². The van der Waals surface area contributed by atoms with Gasteiger partial charge in [0, 0.05) is 37.8 Å². The summed E-state index contributed by atoms with van der Waals surface area (Å²) in [6.45, 7) is 2.23. The highest BCUT2D eigenvalue weighted by atomic mass is 16.2. The van der Waals surface area contributed by atoms with Crippen LogP contribution in [-0.4, -0.2) is 37.6 Å². The van der Waals surface area contributed by atoms with E-state index >= 15 is 0 Å². The lowest BCUT2D eigenvalue weighted by molar-refractivity contribution is 0.229. The van der Waals surface area contributed by atoms with Crippen molar-refractivity contribution >= 4 is 11.7 Å². The highest BCUT2D eigenvalue weighted by molar-refractivity contribution is 5.95. The lowest BCUT2D eigenvalue weighted by Crippen LogP contribution is -2.36. The average molecular weight is 273 g/mol. The van der Waals surface area contributed by atoms with Crippen LogP contribution in [0.25, 0.3) is 0 Å². The minimum atomic E-state index is 0.0675. The molecule has 20 heavy (non-hydrogen) atoms. The Morgan fingerprint density at radius 2 is 1.90 bits per heavy atom. The third-order valence-corrected chi connectivity index (χ3v) is 4.93. The van der Waals surface area contributed by atoms with Gasteiger partial charge in [-0.3, -0.25) is 4.90 Å². The van der Waals surface area contributed by atoms with Crippen molar-refractivity contribution in [1.29, 1.82) is 0 Å². The van der Waals surface area contributed by atoms with Crippen molar-refractivity contribution in [2.75, 3.05) is 31.6 Å². The normalized spacial score (nSPS) is 21.8. The fraction of sp³-hybridized carbons (Fsp3) is 0.562. The number of nitrogens with two attached hydrogens (primary N) is 1. The molecule has 1 heterocycles. The zero-order valence-electron chi connectivity index (χ0n) is 12.1. The maximum absolute atomic E-state index is 12.3. The fourth-order valence-electron chi connectivity index (χ4n) is 3.66. The number of nitrogens with zero attached hydrogens (tertiary/aromatic N) is 2. The van der Waals surface area contributed by atoms with E-state index in [1.54, 1.807) is 4.90 Å². The molecule has 2 aliphatic rings. The molecule has 0 atom stereocenters. The predicted molar refractivity (Wildman–Crippen MR) is 81.0 cm³/mol. The number of amides is 2. The molecule has 4 heteroatoms. The fourth-order valence-corrected chi connectivity index (χ4v) is 3.66. The molecular formula is C16H23N3O. The van der Waals surface area contributed by atoms with Gasteiger partial charge in [0.1, 0.15) is 0 Å². The third-order valence-electron chi connectivity index (χ3n) is 4.93. The second-order valence-corrected chi connectivity index (χ2v) is 6.06. The molecular weight excluding hydrogens is 250 g/mol. The van der Waals surface area contributed by atoms with Gasteiger partial charge in [-0.15, -0.1) is 0 Å². The molecule has 0 bridgehead atoms. The first-order valence-electron chi connectivity index (χ1n) is 7.50. The summed E-state index contributed by atoms with van der Waals surface area (Å²) in [6.07, 6.45) is 4.75. The number of rotatable bonds is 3. The number of carbonyl (C=O) groups is 1. The summed E-state index contributed by atoms with van der Waals surface area (Å²) in [7, 11) is 1.86. The van der Waals surface area contributed by atoms with Crippen molar-refractivity contribution < 1.29 is 4.79 Å². The predicted octanol–water partition coefficient (Wildman–Crippen LogP) is 2.33. The Kier molecular flexibility index (Phi) is 3.42. The van der Waals surface area contributed by atoms with Crippen LogP contribution in [0.2, 0.25) is 0 Å². The summed E-state index contributed by atoms with van der Waals surface area (Å²) in [5.41, 5.74) is 8.52. The van der Waals surface area contributed by atoms with E-state index < -0.39 is 0 Å². The van der Waals surface area contributed by atoms with E-state index in [1.165, 1.54) is 18.4 Å². The van der Waals surface area contributed by atoms with E-state index in [0.29, 0.717) is 6.54 Å². The molecule has 1 saturated heterocycles. The smallest absolute Gasteiger partial charge is 0.324 e. The first-order valence-corrected chi connectivity index (χ1v) is 7.50. The van der Waals surface area contributed by atoms with E-state index in [1.807, 2.05) is 18.0 Å². The molecule has 108 valence electrons. The van der Waals surface area contributed by atoms with Gasteiger partial charge in [0.25, 0.3) is 0 Å². The summed E-state index contributed by atoms with van der Waals surface area (Å²) in [6, 6.07) is 8.42. The van der Waals surface area contributed by atoms with Crippen molar-refractivity contribution in [3.63, 3.8) is 0 Å². The number of urea groups is 1. The second kappa shape index (κ2) is 5.09. The molecule has 0 spiro atoms. The van der Waals surface area contributed by atoms with Crippen LogP contribution in [0.4, 0.5) is 10.5 Å². The van der Waals surface area contributed by atoms with Crippen molar-refractivity contribution in [1.82, 2.24) is 4.90 Å². The number of hydrogen-bond donors (Lipinski definition) is 1. The van der Waals surface area contributed by atoms with E-state index in [2.05, 4.69) is 18.2 Å². The largest absolute Gasteiger partial charge is 0.330 e. The molecule has 2 N–H and O–H groups in total. The Hall–Kier alpha value is -1.55. The number of para-hydroxylation sites is 1. The molecule has 0 unspecified atom stereocenters. The lowest BCUT2D eigenvalue weighted by atomic mass is 9.78. The molecule has 0 radical (unpaired) electrons. The van der Waals surface area contributed by atoms with E-state index in [-0.39, 0.29) is 11.4 Å². The number of hydrogen-bond acceptors (Lipinski definition) is 2. The highest BCUT2D eigenvalue weighted by Crippen LogP contribution is 2.44. The van der Waals surface area contributed by atoms with Gasteiger partial charge >= 0.3 is 6.03 Å². The Bertz CT molecular complexity index is 508. The van der Waals surface area contributed by atoms with Gasteiger partial charge in [-0.2, -0.15) is 0 Å². The van der Waals surface area contributed by atoms with Crippen molar-refractivity contribution in [2.45, 2.75) is 31.1 Å². The van der Waals surface area contributed by atoms with E-state index in [0.717, 1.165) is 31.6 Å². The number of likely N-dealkylation sites (N-methyl/N-ethyl adjacent to an activating group) is 1. The van der Waals surface area contributed by atoms with Crippen LogP contribution in [0.1, 0.15) is 31.2 Å². The minimum Gasteiger partial charge on any atom is -0.330 e. The molecule has 4 nitrogen and oxygen atoms in total. The first-order chi connectivity index (χ1) is 9.68. The Morgan fingerprint density at radius 1 is 1.20 bits per heavy atom. The van der Waals surface area contributed by atoms with Crippen LogP contribution in [-0.2, 0) is 5.41 Å². The first kappa shape index (κ1) is 13.4. The molecule has 0 aromatic heterocycles. The van der Waals surface area contributed by atoms with Gasteiger partial charge in [-0.1, -0.05) is 31.0 Å². The highest BCUT2D eigenvalue weighted by Gasteiger charge is 2.38. The molecule has 1 aliphatic heterocycles. The van der Waals surface area contributed by atoms with Gasteiger partial charge in [-0.25, -0.2) is 4.79 Å². The third kappa shape index (κ3) is 1.99. The Labute approximate surface area is 120 Å². The molecule has 3 rings (SSSR count). The second-order valence-electron chi connectivity index (χ2n) is 6.06. The van der Waals surface area contributed by atoms with Gasteiger partial charge < -0.3 is 10.6 Å². The summed E-state index contributed by atoms with van der Waals surface area (Å²) in [5, 5.41) is 0. The molecule has 1 aliphatic carbocycles. The summed E-state index contributed by atoms with van der Waals surface area (Å²) < 4.78 is 0. The molecule has 2 fully saturated rings.